The van der Waals surface area contributed by atoms with Crippen molar-refractivity contribution in [1.82, 2.24) is 9.80 Å². The Hall–Kier alpha value is -3.66. The molecule has 43 heavy (non-hydrogen) atoms. The van der Waals surface area contributed by atoms with Gasteiger partial charge in [0.15, 0.2) is 0 Å². The lowest BCUT2D eigenvalue weighted by Crippen LogP contribution is -2.47. The van der Waals surface area contributed by atoms with E-state index in [0.717, 1.165) is 62.3 Å². The third kappa shape index (κ3) is 8.46. The first kappa shape index (κ1) is 30.8. The zero-order chi connectivity index (χ0) is 30.2. The molecule has 9 heteroatoms. The average Bonchev–Trinajstić information content (AvgIpc) is 3.01. The highest BCUT2D eigenvalue weighted by Crippen LogP contribution is 2.44. The number of carbonyl (C=O) groups excluding carboxylic acids is 2. The average molecular weight is 603 g/mol. The van der Waals surface area contributed by atoms with Crippen LogP contribution in [0.25, 0.3) is 0 Å². The number of hydrogen-bond acceptors (Lipinski definition) is 8. The van der Waals surface area contributed by atoms with Gasteiger partial charge in [-0.05, 0) is 42.8 Å². The molecule has 0 aliphatic carbocycles. The van der Waals surface area contributed by atoms with Gasteiger partial charge < -0.3 is 23.8 Å². The molecule has 8 nitrogen and oxygen atoms in total. The Bertz CT molecular complexity index is 1340. The molecule has 0 aromatic heterocycles. The molecule has 0 spiro atoms. The van der Waals surface area contributed by atoms with Crippen LogP contribution in [0.2, 0.25) is 19.6 Å². The Kier molecular flexibility index (Phi) is 10.2. The van der Waals surface area contributed by atoms with Crippen LogP contribution in [0, 0.1) is 0 Å². The van der Waals surface area contributed by atoms with E-state index in [4.69, 9.17) is 18.9 Å². The van der Waals surface area contributed by atoms with Crippen molar-refractivity contribution in [2.24, 2.45) is 0 Å². The van der Waals surface area contributed by atoms with Crippen molar-refractivity contribution in [3.05, 3.63) is 89.5 Å². The Morgan fingerprint density at radius 2 is 1.35 bits per heavy atom. The van der Waals surface area contributed by atoms with E-state index in [9.17, 15) is 9.59 Å². The number of piperazine rings is 1. The summed E-state index contributed by atoms with van der Waals surface area (Å²) in [6.07, 6.45) is 1.52. The van der Waals surface area contributed by atoms with Gasteiger partial charge in [0.05, 0.1) is 26.5 Å². The summed E-state index contributed by atoms with van der Waals surface area (Å²) < 4.78 is 23.1. The molecule has 228 valence electrons. The molecule has 0 saturated carbocycles. The van der Waals surface area contributed by atoms with Crippen LogP contribution in [0.15, 0.2) is 72.8 Å². The minimum atomic E-state index is -1.30. The summed E-state index contributed by atoms with van der Waals surface area (Å²) in [4.78, 5) is 30.4. The summed E-state index contributed by atoms with van der Waals surface area (Å²) in [5.41, 5.74) is 2.22. The first-order valence-corrected chi connectivity index (χ1v) is 18.8. The van der Waals surface area contributed by atoms with Crippen LogP contribution in [-0.4, -0.2) is 88.5 Å². The second kappa shape index (κ2) is 14.2. The highest BCUT2D eigenvalue weighted by Gasteiger charge is 2.33. The molecule has 0 bridgehead atoms. The van der Waals surface area contributed by atoms with Gasteiger partial charge in [0.1, 0.15) is 29.8 Å². The topological polar surface area (TPSA) is 77.5 Å². The smallest absolute Gasteiger partial charge is 0.338 e. The number of ether oxygens (including phenoxy) is 4. The van der Waals surface area contributed by atoms with Gasteiger partial charge in [0.25, 0.3) is 0 Å². The molecule has 2 aliphatic heterocycles. The molecule has 5 rings (SSSR count). The van der Waals surface area contributed by atoms with Crippen LogP contribution in [0.5, 0.6) is 17.2 Å². The molecule has 0 amide bonds. The fourth-order valence-corrected chi connectivity index (χ4v) is 5.88. The van der Waals surface area contributed by atoms with Crippen molar-refractivity contribution >= 4 is 20.0 Å². The second-order valence-corrected chi connectivity index (χ2v) is 17.7. The molecule has 2 aliphatic rings. The van der Waals surface area contributed by atoms with E-state index in [-0.39, 0.29) is 11.9 Å². The van der Waals surface area contributed by atoms with Gasteiger partial charge in [-0.2, -0.15) is 0 Å². The van der Waals surface area contributed by atoms with Crippen LogP contribution >= 0.6 is 0 Å². The van der Waals surface area contributed by atoms with E-state index >= 15 is 0 Å². The Morgan fingerprint density at radius 1 is 0.767 bits per heavy atom. The van der Waals surface area contributed by atoms with Crippen LogP contribution in [0.3, 0.4) is 0 Å². The lowest BCUT2D eigenvalue weighted by Gasteiger charge is -2.34. The predicted octanol–water partition coefficient (Wildman–Crippen LogP) is 5.59. The van der Waals surface area contributed by atoms with Crippen LogP contribution in [0.4, 0.5) is 0 Å². The molecule has 0 N–H and O–H groups in total. The zero-order valence-corrected chi connectivity index (χ0v) is 26.4. The summed E-state index contributed by atoms with van der Waals surface area (Å²) in [6.45, 7) is 12.8. The maximum atomic E-state index is 13.2. The minimum absolute atomic E-state index is 0.242. The quantitative estimate of drug-likeness (QED) is 0.151. The maximum Gasteiger partial charge on any atom is 0.338 e. The molecule has 0 unspecified atom stereocenters. The molecule has 0 radical (unpaired) electrons. The number of para-hydroxylation sites is 2. The number of fused-ring (bicyclic) bond motifs is 2. The summed E-state index contributed by atoms with van der Waals surface area (Å²) in [5, 5.41) is 0. The van der Waals surface area contributed by atoms with Crippen molar-refractivity contribution in [3.8, 4) is 17.2 Å². The minimum Gasteiger partial charge on any atom is -0.497 e. The number of rotatable bonds is 12. The van der Waals surface area contributed by atoms with Gasteiger partial charge in [0.2, 0.25) is 0 Å². The van der Waals surface area contributed by atoms with Gasteiger partial charge in [-0.25, -0.2) is 4.79 Å². The third-order valence-electron chi connectivity index (χ3n) is 7.65. The largest absolute Gasteiger partial charge is 0.497 e. The zero-order valence-electron chi connectivity index (χ0n) is 25.4. The standard InChI is InChI=1S/C34H42N2O6Si/c1-43(2,3)25-41-27-15-13-26(14-16-27)33(37)40-24-22-36-20-18-35(19-21-36)17-8-23-39-34(38)32-28-9-4-6-11-30(28)42-31-12-7-5-10-29(31)32/h4-7,9-16,32H,8,17-25H2,1-3H3. The molecular weight excluding hydrogens is 560 g/mol. The van der Waals surface area contributed by atoms with Crippen molar-refractivity contribution in [1.29, 1.82) is 0 Å². The van der Waals surface area contributed by atoms with E-state index in [2.05, 4.69) is 29.4 Å². The number of nitrogens with zero attached hydrogens (tertiary/aromatic N) is 2. The van der Waals surface area contributed by atoms with Crippen molar-refractivity contribution in [2.75, 3.05) is 58.7 Å². The van der Waals surface area contributed by atoms with Gasteiger partial charge >= 0.3 is 11.9 Å². The van der Waals surface area contributed by atoms with Crippen molar-refractivity contribution in [2.45, 2.75) is 32.0 Å². The summed E-state index contributed by atoms with van der Waals surface area (Å²) in [5.74, 6) is 1.16. The molecule has 3 aromatic carbocycles. The second-order valence-electron chi connectivity index (χ2n) is 12.3. The number of carbonyl (C=O) groups is 2. The van der Waals surface area contributed by atoms with Gasteiger partial charge in [-0.3, -0.25) is 9.69 Å². The number of benzene rings is 3. The highest BCUT2D eigenvalue weighted by molar-refractivity contribution is 6.76. The van der Waals surface area contributed by atoms with E-state index < -0.39 is 14.0 Å². The van der Waals surface area contributed by atoms with Crippen LogP contribution in [0.1, 0.15) is 33.8 Å². The SMILES string of the molecule is C[Si](C)(C)COc1ccc(C(=O)OCCN2CCN(CCCOC(=O)C3c4ccccc4Oc4ccccc43)CC2)cc1. The molecule has 0 atom stereocenters. The van der Waals surface area contributed by atoms with Crippen molar-refractivity contribution in [3.63, 3.8) is 0 Å². The molecule has 3 aromatic rings. The first-order chi connectivity index (χ1) is 20.8. The Balaban J connectivity index is 0.977. The summed E-state index contributed by atoms with van der Waals surface area (Å²) in [7, 11) is -1.30. The van der Waals surface area contributed by atoms with E-state index in [0.29, 0.717) is 36.8 Å². The van der Waals surface area contributed by atoms with Crippen LogP contribution < -0.4 is 9.47 Å². The monoisotopic (exact) mass is 602 g/mol. The molecular formula is C34H42N2O6Si. The summed E-state index contributed by atoms with van der Waals surface area (Å²) >= 11 is 0. The molecule has 2 heterocycles. The highest BCUT2D eigenvalue weighted by atomic mass is 28.3. The fraction of sp³-hybridized carbons (Fsp3) is 0.412. The Labute approximate surface area is 255 Å². The van der Waals surface area contributed by atoms with Crippen molar-refractivity contribution < 1.29 is 28.5 Å². The number of hydrogen-bond donors (Lipinski definition) is 0. The maximum absolute atomic E-state index is 13.2. The lowest BCUT2D eigenvalue weighted by atomic mass is 9.88. The molecule has 1 saturated heterocycles. The Morgan fingerprint density at radius 3 is 1.95 bits per heavy atom. The normalized spacial score (nSPS) is 15.6. The fourth-order valence-electron chi connectivity index (χ4n) is 5.28. The predicted molar refractivity (Wildman–Crippen MR) is 169 cm³/mol. The van der Waals surface area contributed by atoms with Gasteiger partial charge in [-0.1, -0.05) is 56.0 Å². The third-order valence-corrected chi connectivity index (χ3v) is 8.66. The first-order valence-electron chi connectivity index (χ1n) is 15.1. The van der Waals surface area contributed by atoms with E-state index in [1.165, 1.54) is 0 Å². The van der Waals surface area contributed by atoms with Gasteiger partial charge in [-0.15, -0.1) is 0 Å². The lowest BCUT2D eigenvalue weighted by molar-refractivity contribution is -0.144. The number of esters is 2. The van der Waals surface area contributed by atoms with E-state index in [1.54, 1.807) is 12.1 Å². The van der Waals surface area contributed by atoms with Crippen LogP contribution in [-0.2, 0) is 14.3 Å². The summed E-state index contributed by atoms with van der Waals surface area (Å²) in [6, 6.07) is 22.5. The van der Waals surface area contributed by atoms with E-state index in [1.807, 2.05) is 60.7 Å². The van der Waals surface area contributed by atoms with Gasteiger partial charge in [0, 0.05) is 50.4 Å². The molecule has 1 fully saturated rings.